The van der Waals surface area contributed by atoms with Crippen molar-refractivity contribution in [2.75, 3.05) is 6.54 Å². The highest BCUT2D eigenvalue weighted by Crippen LogP contribution is 2.24. The molecular formula is C17H26N2. The normalized spacial score (nSPS) is 12.3. The summed E-state index contributed by atoms with van der Waals surface area (Å²) in [6, 6.07) is 8.99. The topological polar surface area (TPSA) is 35.8 Å². The Bertz CT molecular complexity index is 473. The van der Waals surface area contributed by atoms with E-state index in [0.717, 1.165) is 6.54 Å². The molecule has 1 aromatic rings. The first-order valence-electron chi connectivity index (χ1n) is 6.88. The predicted octanol–water partition coefficient (Wildman–Crippen LogP) is 3.93. The minimum Gasteiger partial charge on any atom is -0.311 e. The Morgan fingerprint density at radius 2 is 1.79 bits per heavy atom. The molecule has 1 rings (SSSR count). The van der Waals surface area contributed by atoms with E-state index in [1.807, 2.05) is 13.8 Å². The van der Waals surface area contributed by atoms with E-state index in [1.165, 1.54) is 16.7 Å². The number of aryl methyl sites for hydroxylation is 1. The Morgan fingerprint density at radius 1 is 1.16 bits per heavy atom. The SMILES string of the molecule is Cc1ccc(C(C)(C)C)cc1CNCC(C)(C)C#N. The third-order valence-corrected chi connectivity index (χ3v) is 3.40. The van der Waals surface area contributed by atoms with Gasteiger partial charge in [0.25, 0.3) is 0 Å². The number of hydrogen-bond donors (Lipinski definition) is 1. The van der Waals surface area contributed by atoms with Crippen LogP contribution in [0.25, 0.3) is 0 Å². The molecule has 0 amide bonds. The van der Waals surface area contributed by atoms with Crippen molar-refractivity contribution in [3.05, 3.63) is 34.9 Å². The van der Waals surface area contributed by atoms with Gasteiger partial charge in [0.1, 0.15) is 0 Å². The van der Waals surface area contributed by atoms with Crippen molar-refractivity contribution >= 4 is 0 Å². The highest BCUT2D eigenvalue weighted by Gasteiger charge is 2.17. The highest BCUT2D eigenvalue weighted by molar-refractivity contribution is 5.34. The van der Waals surface area contributed by atoms with Crippen molar-refractivity contribution in [1.29, 1.82) is 5.26 Å². The molecule has 0 unspecified atom stereocenters. The summed E-state index contributed by atoms with van der Waals surface area (Å²) in [6.45, 7) is 14.3. The molecule has 2 heteroatoms. The smallest absolute Gasteiger partial charge is 0.0697 e. The first-order valence-corrected chi connectivity index (χ1v) is 6.88. The van der Waals surface area contributed by atoms with E-state index in [0.29, 0.717) is 6.54 Å². The van der Waals surface area contributed by atoms with Crippen LogP contribution in [0, 0.1) is 23.7 Å². The van der Waals surface area contributed by atoms with Crippen LogP contribution in [0.15, 0.2) is 18.2 Å². The number of nitrogens with one attached hydrogen (secondary N) is 1. The second-order valence-electron chi connectivity index (χ2n) is 6.99. The maximum Gasteiger partial charge on any atom is 0.0697 e. The Hall–Kier alpha value is -1.33. The van der Waals surface area contributed by atoms with Crippen molar-refractivity contribution in [3.63, 3.8) is 0 Å². The molecule has 0 saturated heterocycles. The van der Waals surface area contributed by atoms with E-state index in [1.54, 1.807) is 0 Å². The van der Waals surface area contributed by atoms with Crippen LogP contribution < -0.4 is 5.32 Å². The molecule has 0 aliphatic heterocycles. The van der Waals surface area contributed by atoms with Crippen LogP contribution >= 0.6 is 0 Å². The second-order valence-corrected chi connectivity index (χ2v) is 6.99. The zero-order valence-electron chi connectivity index (χ0n) is 13.1. The van der Waals surface area contributed by atoms with Gasteiger partial charge in [0.05, 0.1) is 11.5 Å². The van der Waals surface area contributed by atoms with E-state index in [2.05, 4.69) is 57.3 Å². The summed E-state index contributed by atoms with van der Waals surface area (Å²) in [7, 11) is 0. The van der Waals surface area contributed by atoms with Gasteiger partial charge in [-0.15, -0.1) is 0 Å². The average Bonchev–Trinajstić information content (AvgIpc) is 2.30. The summed E-state index contributed by atoms with van der Waals surface area (Å²) >= 11 is 0. The van der Waals surface area contributed by atoms with Crippen LogP contribution in [0.5, 0.6) is 0 Å². The molecule has 0 aromatic heterocycles. The molecule has 0 spiro atoms. The van der Waals surface area contributed by atoms with Crippen molar-refractivity contribution in [3.8, 4) is 6.07 Å². The number of nitrogens with zero attached hydrogens (tertiary/aromatic N) is 1. The van der Waals surface area contributed by atoms with Crippen LogP contribution in [-0.2, 0) is 12.0 Å². The quantitative estimate of drug-likeness (QED) is 0.888. The Kier molecular flexibility index (Phi) is 4.76. The van der Waals surface area contributed by atoms with Gasteiger partial charge in [-0.05, 0) is 42.9 Å². The average molecular weight is 258 g/mol. The van der Waals surface area contributed by atoms with E-state index < -0.39 is 0 Å². The molecule has 0 heterocycles. The molecule has 0 bridgehead atoms. The van der Waals surface area contributed by atoms with Crippen LogP contribution in [0.2, 0.25) is 0 Å². The molecule has 1 N–H and O–H groups in total. The second kappa shape index (κ2) is 5.75. The molecule has 19 heavy (non-hydrogen) atoms. The minimum atomic E-state index is -0.310. The van der Waals surface area contributed by atoms with Crippen molar-refractivity contribution in [2.24, 2.45) is 5.41 Å². The molecule has 104 valence electrons. The van der Waals surface area contributed by atoms with Gasteiger partial charge in [-0.25, -0.2) is 0 Å². The molecule has 1 aromatic carbocycles. The minimum absolute atomic E-state index is 0.175. The Morgan fingerprint density at radius 3 is 2.32 bits per heavy atom. The zero-order chi connectivity index (χ0) is 14.7. The molecule has 0 fully saturated rings. The lowest BCUT2D eigenvalue weighted by Crippen LogP contribution is -2.28. The van der Waals surface area contributed by atoms with Gasteiger partial charge in [-0.2, -0.15) is 5.26 Å². The van der Waals surface area contributed by atoms with Crippen LogP contribution in [0.3, 0.4) is 0 Å². The van der Waals surface area contributed by atoms with E-state index >= 15 is 0 Å². The summed E-state index contributed by atoms with van der Waals surface area (Å²) in [5, 5.41) is 12.4. The molecular weight excluding hydrogens is 232 g/mol. The first-order chi connectivity index (χ1) is 8.65. The lowest BCUT2D eigenvalue weighted by atomic mass is 9.85. The highest BCUT2D eigenvalue weighted by atomic mass is 14.9. The van der Waals surface area contributed by atoms with Gasteiger partial charge in [-0.3, -0.25) is 0 Å². The van der Waals surface area contributed by atoms with E-state index in [-0.39, 0.29) is 10.8 Å². The molecule has 0 radical (unpaired) electrons. The van der Waals surface area contributed by atoms with Crippen LogP contribution in [0.4, 0.5) is 0 Å². The molecule has 0 atom stereocenters. The summed E-state index contributed by atoms with van der Waals surface area (Å²) in [6.07, 6.45) is 0. The van der Waals surface area contributed by atoms with Gasteiger partial charge >= 0.3 is 0 Å². The van der Waals surface area contributed by atoms with Crippen molar-refractivity contribution in [1.82, 2.24) is 5.32 Å². The number of rotatable bonds is 4. The third-order valence-electron chi connectivity index (χ3n) is 3.40. The molecule has 0 aliphatic carbocycles. The fraction of sp³-hybridized carbons (Fsp3) is 0.588. The van der Waals surface area contributed by atoms with E-state index in [4.69, 9.17) is 5.26 Å². The maximum absolute atomic E-state index is 9.01. The van der Waals surface area contributed by atoms with Gasteiger partial charge < -0.3 is 5.32 Å². The number of benzene rings is 1. The van der Waals surface area contributed by atoms with Crippen LogP contribution in [-0.4, -0.2) is 6.54 Å². The third kappa shape index (κ3) is 4.69. The van der Waals surface area contributed by atoms with Crippen LogP contribution in [0.1, 0.15) is 51.3 Å². The van der Waals surface area contributed by atoms with Gasteiger partial charge in [0.15, 0.2) is 0 Å². The monoisotopic (exact) mass is 258 g/mol. The first kappa shape index (κ1) is 15.7. The van der Waals surface area contributed by atoms with E-state index in [9.17, 15) is 0 Å². The molecule has 2 nitrogen and oxygen atoms in total. The zero-order valence-corrected chi connectivity index (χ0v) is 13.1. The summed E-state index contributed by atoms with van der Waals surface area (Å²) in [5.41, 5.74) is 3.84. The molecule has 0 aliphatic rings. The number of nitriles is 1. The van der Waals surface area contributed by atoms with Gasteiger partial charge in [-0.1, -0.05) is 39.0 Å². The largest absolute Gasteiger partial charge is 0.311 e. The summed E-state index contributed by atoms with van der Waals surface area (Å²) in [4.78, 5) is 0. The van der Waals surface area contributed by atoms with Crippen molar-refractivity contribution < 1.29 is 0 Å². The Labute approximate surface area is 117 Å². The lowest BCUT2D eigenvalue weighted by Gasteiger charge is -2.22. The van der Waals surface area contributed by atoms with Crippen molar-refractivity contribution in [2.45, 2.75) is 53.5 Å². The fourth-order valence-electron chi connectivity index (χ4n) is 1.88. The number of hydrogen-bond acceptors (Lipinski definition) is 2. The predicted molar refractivity (Wildman–Crippen MR) is 81.0 cm³/mol. The molecule has 0 saturated carbocycles. The lowest BCUT2D eigenvalue weighted by molar-refractivity contribution is 0.444. The maximum atomic E-state index is 9.01. The Balaban J connectivity index is 2.77. The van der Waals surface area contributed by atoms with Gasteiger partial charge in [0, 0.05) is 13.1 Å². The summed E-state index contributed by atoms with van der Waals surface area (Å²) < 4.78 is 0. The van der Waals surface area contributed by atoms with Gasteiger partial charge in [0.2, 0.25) is 0 Å². The summed E-state index contributed by atoms with van der Waals surface area (Å²) in [5.74, 6) is 0. The standard InChI is InChI=1S/C17H26N2/c1-13-7-8-15(16(2,3)4)9-14(13)10-19-12-17(5,6)11-18/h7-9,19H,10,12H2,1-6H3. The fourth-order valence-corrected chi connectivity index (χ4v) is 1.88.